The molecule has 0 radical (unpaired) electrons. The molecule has 3 nitrogen and oxygen atoms in total. The van der Waals surface area contributed by atoms with Crippen LogP contribution in [0.1, 0.15) is 62.1 Å². The minimum absolute atomic E-state index is 0.0282. The molecule has 1 aromatic rings. The monoisotopic (exact) mass is 286 g/mol. The molecule has 1 atom stereocenters. The molecule has 1 saturated carbocycles. The van der Waals surface area contributed by atoms with Crippen LogP contribution in [0.5, 0.6) is 0 Å². The molecule has 21 heavy (non-hydrogen) atoms. The van der Waals surface area contributed by atoms with Gasteiger partial charge >= 0.3 is 0 Å². The smallest absolute Gasteiger partial charge is 0.222 e. The number of carbonyl (C=O) groups is 1. The molecule has 3 heteroatoms. The Morgan fingerprint density at radius 1 is 1.24 bits per heavy atom. The molecule has 0 aliphatic heterocycles. The van der Waals surface area contributed by atoms with Crippen molar-refractivity contribution in [1.29, 1.82) is 0 Å². The van der Waals surface area contributed by atoms with Gasteiger partial charge in [-0.25, -0.2) is 0 Å². The summed E-state index contributed by atoms with van der Waals surface area (Å²) in [6, 6.07) is 8.70. The highest BCUT2D eigenvalue weighted by atomic mass is 16.1. The number of amides is 1. The van der Waals surface area contributed by atoms with Crippen molar-refractivity contribution in [3.05, 3.63) is 35.4 Å². The topological polar surface area (TPSA) is 41.1 Å². The van der Waals surface area contributed by atoms with E-state index in [-0.39, 0.29) is 17.5 Å². The van der Waals surface area contributed by atoms with Gasteiger partial charge in [0.2, 0.25) is 5.91 Å². The molecular formula is C18H26N2O. The number of aryl methyl sites for hydroxylation is 1. The molecule has 2 N–H and O–H groups in total. The second kappa shape index (κ2) is 6.18. The summed E-state index contributed by atoms with van der Waals surface area (Å²) in [6.07, 6.45) is 8.76. The Bertz CT molecular complexity index is 506. The summed E-state index contributed by atoms with van der Waals surface area (Å²) in [5.41, 5.74) is 2.73. The second-order valence-electron chi connectivity index (χ2n) is 6.63. The van der Waals surface area contributed by atoms with Gasteiger partial charge in [0.05, 0.1) is 6.04 Å². The Hall–Kier alpha value is -1.35. The van der Waals surface area contributed by atoms with Crippen LogP contribution in [0, 0.1) is 0 Å². The third-order valence-electron chi connectivity index (χ3n) is 5.31. The first kappa shape index (κ1) is 14.6. The van der Waals surface area contributed by atoms with Gasteiger partial charge in [0.15, 0.2) is 0 Å². The predicted molar refractivity (Wildman–Crippen MR) is 85.1 cm³/mol. The lowest BCUT2D eigenvalue weighted by Gasteiger charge is -2.37. The van der Waals surface area contributed by atoms with Crippen LogP contribution in [0.4, 0.5) is 0 Å². The van der Waals surface area contributed by atoms with Crippen molar-refractivity contribution < 1.29 is 4.79 Å². The summed E-state index contributed by atoms with van der Waals surface area (Å²) in [5.74, 6) is 0.202. The van der Waals surface area contributed by atoms with Gasteiger partial charge in [-0.05, 0) is 43.9 Å². The molecule has 2 aliphatic rings. The van der Waals surface area contributed by atoms with Crippen LogP contribution in [0.3, 0.4) is 0 Å². The van der Waals surface area contributed by atoms with Crippen LogP contribution in [-0.2, 0) is 11.2 Å². The van der Waals surface area contributed by atoms with Crippen molar-refractivity contribution in [2.75, 3.05) is 7.05 Å². The summed E-state index contributed by atoms with van der Waals surface area (Å²) in [6.45, 7) is 0. The quantitative estimate of drug-likeness (QED) is 0.893. The van der Waals surface area contributed by atoms with E-state index < -0.39 is 0 Å². The van der Waals surface area contributed by atoms with E-state index in [0.717, 1.165) is 25.7 Å². The molecule has 1 fully saturated rings. The summed E-state index contributed by atoms with van der Waals surface area (Å²) in [5, 5.41) is 6.69. The van der Waals surface area contributed by atoms with E-state index in [9.17, 15) is 4.79 Å². The second-order valence-corrected chi connectivity index (χ2v) is 6.63. The minimum atomic E-state index is 0.0282. The SMILES string of the molecule is CNC1(CC(=O)NC2CCc3ccccc32)CCCCC1. The summed E-state index contributed by atoms with van der Waals surface area (Å²) >= 11 is 0. The molecular weight excluding hydrogens is 260 g/mol. The van der Waals surface area contributed by atoms with Gasteiger partial charge in [-0.15, -0.1) is 0 Å². The van der Waals surface area contributed by atoms with Crippen molar-refractivity contribution in [2.24, 2.45) is 0 Å². The minimum Gasteiger partial charge on any atom is -0.349 e. The van der Waals surface area contributed by atoms with Crippen LogP contribution in [0.15, 0.2) is 24.3 Å². The Labute approximate surface area is 127 Å². The maximum absolute atomic E-state index is 12.5. The van der Waals surface area contributed by atoms with Gasteiger partial charge in [0.1, 0.15) is 0 Å². The van der Waals surface area contributed by atoms with Gasteiger partial charge < -0.3 is 10.6 Å². The molecule has 1 unspecified atom stereocenters. The fourth-order valence-corrected chi connectivity index (χ4v) is 4.00. The fraction of sp³-hybridized carbons (Fsp3) is 0.611. The molecule has 0 spiro atoms. The maximum Gasteiger partial charge on any atom is 0.222 e. The molecule has 1 aromatic carbocycles. The van der Waals surface area contributed by atoms with Gasteiger partial charge in [-0.3, -0.25) is 4.79 Å². The molecule has 0 bridgehead atoms. The number of fused-ring (bicyclic) bond motifs is 1. The molecule has 0 saturated heterocycles. The van der Waals surface area contributed by atoms with Crippen molar-refractivity contribution in [3.63, 3.8) is 0 Å². The maximum atomic E-state index is 12.5. The van der Waals surface area contributed by atoms with E-state index in [2.05, 4.69) is 34.9 Å². The first-order chi connectivity index (χ1) is 10.2. The van der Waals surface area contributed by atoms with Crippen LogP contribution in [0.2, 0.25) is 0 Å². The third-order valence-corrected chi connectivity index (χ3v) is 5.31. The van der Waals surface area contributed by atoms with E-state index in [1.165, 1.54) is 30.4 Å². The van der Waals surface area contributed by atoms with Gasteiger partial charge in [-0.2, -0.15) is 0 Å². The lowest BCUT2D eigenvalue weighted by atomic mass is 9.79. The van der Waals surface area contributed by atoms with E-state index >= 15 is 0 Å². The third kappa shape index (κ3) is 3.13. The molecule has 1 amide bonds. The normalized spacial score (nSPS) is 23.6. The van der Waals surface area contributed by atoms with Crippen molar-refractivity contribution in [2.45, 2.75) is 62.9 Å². The highest BCUT2D eigenvalue weighted by Gasteiger charge is 2.33. The highest BCUT2D eigenvalue weighted by Crippen LogP contribution is 2.33. The molecule has 0 aromatic heterocycles. The molecule has 3 rings (SSSR count). The number of rotatable bonds is 4. The summed E-state index contributed by atoms with van der Waals surface area (Å²) in [4.78, 5) is 12.5. The van der Waals surface area contributed by atoms with Gasteiger partial charge in [0, 0.05) is 12.0 Å². The van der Waals surface area contributed by atoms with Crippen molar-refractivity contribution in [3.8, 4) is 0 Å². The van der Waals surface area contributed by atoms with Crippen molar-refractivity contribution in [1.82, 2.24) is 10.6 Å². The first-order valence-electron chi connectivity index (χ1n) is 8.28. The number of hydrogen-bond acceptors (Lipinski definition) is 2. The zero-order valence-electron chi connectivity index (χ0n) is 13.0. The first-order valence-corrected chi connectivity index (χ1v) is 8.28. The largest absolute Gasteiger partial charge is 0.349 e. The predicted octanol–water partition coefficient (Wildman–Crippen LogP) is 3.10. The van der Waals surface area contributed by atoms with Gasteiger partial charge in [0.25, 0.3) is 0 Å². The average Bonchev–Trinajstić information content (AvgIpc) is 2.91. The highest BCUT2D eigenvalue weighted by molar-refractivity contribution is 5.78. The van der Waals surface area contributed by atoms with Crippen molar-refractivity contribution >= 4 is 5.91 Å². The lowest BCUT2D eigenvalue weighted by molar-refractivity contribution is -0.123. The summed E-state index contributed by atoms with van der Waals surface area (Å²) < 4.78 is 0. The number of carbonyl (C=O) groups excluding carboxylic acids is 1. The Kier molecular flexibility index (Phi) is 4.29. The number of hydrogen-bond donors (Lipinski definition) is 2. The van der Waals surface area contributed by atoms with E-state index in [4.69, 9.17) is 0 Å². The number of benzene rings is 1. The Balaban J connectivity index is 1.62. The molecule has 114 valence electrons. The van der Waals surface area contributed by atoms with E-state index in [1.807, 2.05) is 7.05 Å². The molecule has 2 aliphatic carbocycles. The lowest BCUT2D eigenvalue weighted by Crippen LogP contribution is -2.48. The Morgan fingerprint density at radius 3 is 2.76 bits per heavy atom. The number of nitrogens with one attached hydrogen (secondary N) is 2. The van der Waals surface area contributed by atoms with Gasteiger partial charge in [-0.1, -0.05) is 43.5 Å². The molecule has 0 heterocycles. The standard InChI is InChI=1S/C18H26N2O/c1-19-18(11-5-2-6-12-18)13-17(21)20-16-10-9-14-7-3-4-8-15(14)16/h3-4,7-8,16,19H,2,5-6,9-13H2,1H3,(H,20,21). The van der Waals surface area contributed by atoms with Crippen LogP contribution in [0.25, 0.3) is 0 Å². The van der Waals surface area contributed by atoms with Crippen LogP contribution < -0.4 is 10.6 Å². The summed E-state index contributed by atoms with van der Waals surface area (Å²) in [7, 11) is 2.00. The zero-order valence-corrected chi connectivity index (χ0v) is 13.0. The fourth-order valence-electron chi connectivity index (χ4n) is 4.00. The van der Waals surface area contributed by atoms with E-state index in [0.29, 0.717) is 6.42 Å². The Morgan fingerprint density at radius 2 is 2.00 bits per heavy atom. The zero-order chi connectivity index (χ0) is 14.7. The van der Waals surface area contributed by atoms with Crippen LogP contribution in [-0.4, -0.2) is 18.5 Å². The average molecular weight is 286 g/mol. The van der Waals surface area contributed by atoms with Crippen LogP contribution >= 0.6 is 0 Å². The van der Waals surface area contributed by atoms with E-state index in [1.54, 1.807) is 0 Å².